The van der Waals surface area contributed by atoms with Gasteiger partial charge in [-0.3, -0.25) is 4.98 Å². The van der Waals surface area contributed by atoms with Crippen LogP contribution in [-0.2, 0) is 0 Å². The van der Waals surface area contributed by atoms with E-state index in [0.29, 0.717) is 0 Å². The Bertz CT molecular complexity index is 383. The Morgan fingerprint density at radius 3 is 2.36 bits per heavy atom. The van der Waals surface area contributed by atoms with Crippen LogP contribution in [0.3, 0.4) is 0 Å². The first kappa shape index (κ1) is 10.6. The van der Waals surface area contributed by atoms with Crippen LogP contribution in [-0.4, -0.2) is 15.2 Å². The maximum absolute atomic E-state index is 4.37. The van der Waals surface area contributed by atoms with Gasteiger partial charge in [0.2, 0.25) is 0 Å². The van der Waals surface area contributed by atoms with Gasteiger partial charge in [0.1, 0.15) is 0 Å². The lowest BCUT2D eigenvalue weighted by Crippen LogP contribution is -1.89. The lowest BCUT2D eigenvalue weighted by atomic mass is 10.2. The number of nitrogens with zero attached hydrogens (tertiary/aromatic N) is 3. The van der Waals surface area contributed by atoms with Gasteiger partial charge in [-0.2, -0.15) is 10.2 Å². The molecule has 0 atom stereocenters. The predicted molar refractivity (Wildman–Crippen MR) is 58.2 cm³/mol. The van der Waals surface area contributed by atoms with E-state index >= 15 is 0 Å². The molecule has 3 heteroatoms. The molecule has 0 N–H and O–H groups in total. The Morgan fingerprint density at radius 1 is 1.00 bits per heavy atom. The third-order valence-electron chi connectivity index (χ3n) is 1.97. The molecular formula is C11H15N3. The van der Waals surface area contributed by atoms with Crippen molar-refractivity contribution in [3.05, 3.63) is 29.7 Å². The van der Waals surface area contributed by atoms with Crippen molar-refractivity contribution >= 4 is 10.9 Å². The van der Waals surface area contributed by atoms with E-state index in [1.165, 1.54) is 5.56 Å². The van der Waals surface area contributed by atoms with Gasteiger partial charge in [-0.1, -0.05) is 13.8 Å². The van der Waals surface area contributed by atoms with Gasteiger partial charge < -0.3 is 0 Å². The fraction of sp³-hybridized carbons (Fsp3) is 0.364. The molecule has 14 heavy (non-hydrogen) atoms. The highest BCUT2D eigenvalue weighted by atomic mass is 15.1. The Hall–Kier alpha value is -1.51. The zero-order valence-corrected chi connectivity index (χ0v) is 9.07. The number of fused-ring (bicyclic) bond motifs is 1. The molecule has 0 fully saturated rings. The molecule has 0 spiro atoms. The van der Waals surface area contributed by atoms with Crippen LogP contribution in [0.15, 0.2) is 18.5 Å². The lowest BCUT2D eigenvalue weighted by molar-refractivity contribution is 1.04. The molecule has 2 heterocycles. The summed E-state index contributed by atoms with van der Waals surface area (Å²) in [7, 11) is 0. The monoisotopic (exact) mass is 189 g/mol. The van der Waals surface area contributed by atoms with Gasteiger partial charge in [0.25, 0.3) is 0 Å². The number of rotatable bonds is 0. The molecule has 0 saturated carbocycles. The van der Waals surface area contributed by atoms with Crippen molar-refractivity contribution in [2.24, 2.45) is 0 Å². The minimum absolute atomic E-state index is 0.910. The summed E-state index contributed by atoms with van der Waals surface area (Å²) < 4.78 is 0. The highest BCUT2D eigenvalue weighted by Gasteiger charge is 1.98. The second kappa shape index (κ2) is 4.65. The molecule has 2 aromatic heterocycles. The summed E-state index contributed by atoms with van der Waals surface area (Å²) >= 11 is 0. The van der Waals surface area contributed by atoms with Crippen molar-refractivity contribution in [3.63, 3.8) is 0 Å². The van der Waals surface area contributed by atoms with Crippen LogP contribution in [0.25, 0.3) is 10.9 Å². The van der Waals surface area contributed by atoms with Gasteiger partial charge in [-0.15, -0.1) is 0 Å². The Labute approximate surface area is 84.2 Å². The molecule has 2 aromatic rings. The quantitative estimate of drug-likeness (QED) is 0.639. The van der Waals surface area contributed by atoms with Crippen LogP contribution in [0, 0.1) is 13.8 Å². The number of aromatic nitrogens is 3. The van der Waals surface area contributed by atoms with E-state index in [9.17, 15) is 0 Å². The van der Waals surface area contributed by atoms with Crippen molar-refractivity contribution in [2.45, 2.75) is 27.7 Å². The molecule has 2 rings (SSSR count). The third-order valence-corrected chi connectivity index (χ3v) is 1.97. The summed E-state index contributed by atoms with van der Waals surface area (Å²) in [6.45, 7) is 8.04. The molecule has 3 nitrogen and oxygen atoms in total. The highest BCUT2D eigenvalue weighted by molar-refractivity contribution is 5.77. The minimum atomic E-state index is 0.910. The van der Waals surface area contributed by atoms with Crippen LogP contribution < -0.4 is 0 Å². The first-order valence-electron chi connectivity index (χ1n) is 4.82. The highest BCUT2D eigenvalue weighted by Crippen LogP contribution is 2.12. The van der Waals surface area contributed by atoms with Crippen LogP contribution in [0.2, 0.25) is 0 Å². The summed E-state index contributed by atoms with van der Waals surface area (Å²) in [6.07, 6.45) is 3.41. The number of hydrogen-bond donors (Lipinski definition) is 0. The first-order valence-corrected chi connectivity index (χ1v) is 4.82. The largest absolute Gasteiger partial charge is 0.251 e. The molecule has 0 aliphatic carbocycles. The van der Waals surface area contributed by atoms with Gasteiger partial charge in [0, 0.05) is 11.1 Å². The average Bonchev–Trinajstić information content (AvgIpc) is 2.23. The first-order chi connectivity index (χ1) is 6.77. The van der Waals surface area contributed by atoms with Crippen LogP contribution in [0.4, 0.5) is 0 Å². The Balaban J connectivity index is 0.000000461. The second-order valence-electron chi connectivity index (χ2n) is 2.85. The molecular weight excluding hydrogens is 174 g/mol. The summed E-state index contributed by atoms with van der Waals surface area (Å²) in [5, 5.41) is 8.61. The average molecular weight is 189 g/mol. The zero-order valence-electron chi connectivity index (χ0n) is 9.07. The van der Waals surface area contributed by atoms with Crippen molar-refractivity contribution in [1.29, 1.82) is 0 Å². The molecule has 0 aliphatic rings. The second-order valence-corrected chi connectivity index (χ2v) is 2.85. The zero-order chi connectivity index (χ0) is 10.6. The topological polar surface area (TPSA) is 38.7 Å². The standard InChI is InChI=1S/C9H9N3.C2H6/c1-6-3-8-4-10-11-5-9(8)12-7(6)2;1-2/h3-5H,1-2H3;1-2H3. The van der Waals surface area contributed by atoms with Gasteiger partial charge >= 0.3 is 0 Å². The van der Waals surface area contributed by atoms with E-state index in [1.54, 1.807) is 12.4 Å². The lowest BCUT2D eigenvalue weighted by Gasteiger charge is -2.00. The number of pyridine rings is 1. The van der Waals surface area contributed by atoms with Crippen molar-refractivity contribution in [3.8, 4) is 0 Å². The Morgan fingerprint density at radius 2 is 1.64 bits per heavy atom. The summed E-state index contributed by atoms with van der Waals surface area (Å²) in [6, 6.07) is 2.08. The third kappa shape index (κ3) is 2.05. The minimum Gasteiger partial charge on any atom is -0.251 e. The van der Waals surface area contributed by atoms with E-state index in [0.717, 1.165) is 16.6 Å². The summed E-state index contributed by atoms with van der Waals surface area (Å²) in [5.74, 6) is 0. The van der Waals surface area contributed by atoms with Crippen LogP contribution in [0.1, 0.15) is 25.1 Å². The number of hydrogen-bond acceptors (Lipinski definition) is 3. The van der Waals surface area contributed by atoms with Gasteiger partial charge in [-0.05, 0) is 25.5 Å². The van der Waals surface area contributed by atoms with E-state index in [1.807, 2.05) is 27.7 Å². The molecule has 0 aliphatic heterocycles. The smallest absolute Gasteiger partial charge is 0.0922 e. The molecule has 0 bridgehead atoms. The van der Waals surface area contributed by atoms with Crippen molar-refractivity contribution < 1.29 is 0 Å². The van der Waals surface area contributed by atoms with Gasteiger partial charge in [0.15, 0.2) is 0 Å². The molecule has 0 saturated heterocycles. The molecule has 0 unspecified atom stereocenters. The SMILES string of the molecule is CC.Cc1cc2cnncc2nc1C. The molecule has 0 amide bonds. The van der Waals surface area contributed by atoms with E-state index in [-0.39, 0.29) is 0 Å². The van der Waals surface area contributed by atoms with Crippen molar-refractivity contribution in [1.82, 2.24) is 15.2 Å². The summed E-state index contributed by atoms with van der Waals surface area (Å²) in [5.41, 5.74) is 3.15. The van der Waals surface area contributed by atoms with E-state index in [4.69, 9.17) is 0 Å². The van der Waals surface area contributed by atoms with E-state index < -0.39 is 0 Å². The number of aryl methyl sites for hydroxylation is 2. The molecule has 0 radical (unpaired) electrons. The molecule has 74 valence electrons. The maximum Gasteiger partial charge on any atom is 0.0922 e. The predicted octanol–water partition coefficient (Wildman–Crippen LogP) is 2.67. The summed E-state index contributed by atoms with van der Waals surface area (Å²) in [4.78, 5) is 4.37. The normalized spacial score (nSPS) is 9.43. The fourth-order valence-electron chi connectivity index (χ4n) is 1.14. The molecule has 0 aromatic carbocycles. The van der Waals surface area contributed by atoms with Crippen LogP contribution in [0.5, 0.6) is 0 Å². The van der Waals surface area contributed by atoms with Crippen molar-refractivity contribution in [2.75, 3.05) is 0 Å². The van der Waals surface area contributed by atoms with Gasteiger partial charge in [-0.25, -0.2) is 0 Å². The Kier molecular flexibility index (Phi) is 3.51. The van der Waals surface area contributed by atoms with Gasteiger partial charge in [0.05, 0.1) is 17.9 Å². The van der Waals surface area contributed by atoms with Crippen LogP contribution >= 0.6 is 0 Å². The fourth-order valence-corrected chi connectivity index (χ4v) is 1.14. The maximum atomic E-state index is 4.37. The van der Waals surface area contributed by atoms with E-state index in [2.05, 4.69) is 21.2 Å².